The zero-order valence-electron chi connectivity index (χ0n) is 23.2. The van der Waals surface area contributed by atoms with Crippen LogP contribution in [0.4, 0.5) is 17.1 Å². The molecule has 0 bridgehead atoms. The van der Waals surface area contributed by atoms with Crippen LogP contribution in [0.3, 0.4) is 0 Å². The molecule has 0 atom stereocenters. The molecule has 3 nitrogen and oxygen atoms in total. The first-order valence-corrected chi connectivity index (χ1v) is 14.5. The molecule has 0 saturated heterocycles. The molecule has 202 valence electrons. The molecule has 1 aromatic heterocycles. The minimum absolute atomic E-state index is 0.859. The van der Waals surface area contributed by atoms with Crippen molar-refractivity contribution in [3.8, 4) is 33.8 Å². The Balaban J connectivity index is 1.31. The number of hydrogen-bond donors (Lipinski definition) is 0. The molecule has 1 aliphatic rings. The van der Waals surface area contributed by atoms with Crippen molar-refractivity contribution in [2.45, 2.75) is 0 Å². The fraction of sp³-hybridized carbons (Fsp3) is 0. The average molecular weight is 552 g/mol. The minimum Gasteiger partial charge on any atom is -0.456 e. The highest BCUT2D eigenvalue weighted by Gasteiger charge is 2.25. The number of anilines is 3. The van der Waals surface area contributed by atoms with Crippen molar-refractivity contribution in [2.75, 3.05) is 4.90 Å². The lowest BCUT2D eigenvalue weighted by Gasteiger charge is -2.29. The molecular weight excluding hydrogens is 526 g/mol. The normalized spacial score (nSPS) is 11.9. The number of fused-ring (bicyclic) bond motifs is 5. The van der Waals surface area contributed by atoms with Crippen LogP contribution in [0.5, 0.6) is 11.5 Å². The van der Waals surface area contributed by atoms with Gasteiger partial charge in [0.25, 0.3) is 0 Å². The van der Waals surface area contributed by atoms with E-state index in [0.29, 0.717) is 0 Å². The third kappa shape index (κ3) is 3.68. The number of hydrogen-bond acceptors (Lipinski definition) is 3. The molecule has 0 radical (unpaired) electrons. The predicted octanol–water partition coefficient (Wildman–Crippen LogP) is 11.6. The molecule has 0 saturated carbocycles. The van der Waals surface area contributed by atoms with E-state index in [2.05, 4.69) is 126 Å². The Morgan fingerprint density at radius 1 is 0.419 bits per heavy atom. The van der Waals surface area contributed by atoms with Crippen LogP contribution in [0.2, 0.25) is 0 Å². The number of furan rings is 1. The van der Waals surface area contributed by atoms with E-state index in [-0.39, 0.29) is 0 Å². The van der Waals surface area contributed by atoms with Crippen molar-refractivity contribution in [2.24, 2.45) is 0 Å². The maximum absolute atomic E-state index is 6.57. The van der Waals surface area contributed by atoms with Crippen LogP contribution in [-0.2, 0) is 0 Å². The smallest absolute Gasteiger partial charge is 0.159 e. The van der Waals surface area contributed by atoms with Crippen LogP contribution in [0.15, 0.2) is 156 Å². The maximum Gasteiger partial charge on any atom is 0.159 e. The molecule has 43 heavy (non-hydrogen) atoms. The number of para-hydroxylation sites is 3. The van der Waals surface area contributed by atoms with Gasteiger partial charge in [-0.2, -0.15) is 0 Å². The van der Waals surface area contributed by atoms with Gasteiger partial charge in [-0.15, -0.1) is 0 Å². The molecule has 2 heterocycles. The molecule has 0 fully saturated rings. The van der Waals surface area contributed by atoms with Gasteiger partial charge in [0.1, 0.15) is 17.1 Å². The fourth-order valence-corrected chi connectivity index (χ4v) is 6.51. The summed E-state index contributed by atoms with van der Waals surface area (Å²) in [5.74, 6) is 1.75. The predicted molar refractivity (Wildman–Crippen MR) is 177 cm³/mol. The van der Waals surface area contributed by atoms with Crippen molar-refractivity contribution in [3.05, 3.63) is 152 Å². The van der Waals surface area contributed by atoms with E-state index in [1.807, 2.05) is 30.3 Å². The molecule has 9 rings (SSSR count). The van der Waals surface area contributed by atoms with E-state index in [1.54, 1.807) is 0 Å². The molecule has 0 N–H and O–H groups in total. The van der Waals surface area contributed by atoms with Crippen LogP contribution < -0.4 is 9.64 Å². The maximum atomic E-state index is 6.57. The SMILES string of the molecule is c1ccc(-c2ccc(N(c3ccc4c5c(cccc35)Oc3ccccc3-4)c3cccc4c3oc3ccccc34)cc2)cc1. The van der Waals surface area contributed by atoms with Crippen molar-refractivity contribution in [3.63, 3.8) is 0 Å². The van der Waals surface area contributed by atoms with Crippen LogP contribution in [0.1, 0.15) is 0 Å². The standard InChI is InChI=1S/C40H25NO2/c1-2-10-26(11-3-1)27-20-22-28(23-21-27)41(35-16-8-14-32-30-13-5-7-18-37(30)43-40(32)35)34-25-24-31-29-12-4-6-17-36(29)42-38-19-9-15-33(34)39(31)38/h1-25H. The van der Waals surface area contributed by atoms with Crippen LogP contribution in [0.25, 0.3) is 55.0 Å². The summed E-state index contributed by atoms with van der Waals surface area (Å²) in [4.78, 5) is 2.32. The first-order valence-electron chi connectivity index (χ1n) is 14.5. The second-order valence-corrected chi connectivity index (χ2v) is 10.9. The summed E-state index contributed by atoms with van der Waals surface area (Å²) in [7, 11) is 0. The highest BCUT2D eigenvalue weighted by atomic mass is 16.5. The zero-order valence-corrected chi connectivity index (χ0v) is 23.2. The minimum atomic E-state index is 0.859. The lowest BCUT2D eigenvalue weighted by Crippen LogP contribution is -2.11. The Bertz CT molecular complexity index is 2320. The van der Waals surface area contributed by atoms with E-state index < -0.39 is 0 Å². The van der Waals surface area contributed by atoms with E-state index in [9.17, 15) is 0 Å². The Hall–Kier alpha value is -5.80. The molecule has 8 aromatic rings. The first kappa shape index (κ1) is 23.9. The third-order valence-corrected chi connectivity index (χ3v) is 8.47. The van der Waals surface area contributed by atoms with Gasteiger partial charge in [0.05, 0.1) is 11.4 Å². The van der Waals surface area contributed by atoms with E-state index in [4.69, 9.17) is 9.15 Å². The molecule has 0 spiro atoms. The van der Waals surface area contributed by atoms with Gasteiger partial charge in [0.2, 0.25) is 0 Å². The van der Waals surface area contributed by atoms with Crippen molar-refractivity contribution in [1.29, 1.82) is 0 Å². The molecule has 0 aliphatic carbocycles. The van der Waals surface area contributed by atoms with Gasteiger partial charge in [-0.3, -0.25) is 0 Å². The van der Waals surface area contributed by atoms with Crippen LogP contribution in [-0.4, -0.2) is 0 Å². The van der Waals surface area contributed by atoms with Crippen molar-refractivity contribution < 1.29 is 9.15 Å². The van der Waals surface area contributed by atoms with Crippen LogP contribution >= 0.6 is 0 Å². The number of rotatable bonds is 4. The third-order valence-electron chi connectivity index (χ3n) is 8.47. The monoisotopic (exact) mass is 551 g/mol. The number of benzene rings is 7. The summed E-state index contributed by atoms with van der Waals surface area (Å²) < 4.78 is 13.0. The fourth-order valence-electron chi connectivity index (χ4n) is 6.51. The lowest BCUT2D eigenvalue weighted by atomic mass is 9.93. The summed E-state index contributed by atoms with van der Waals surface area (Å²) in [5.41, 5.74) is 9.48. The van der Waals surface area contributed by atoms with Gasteiger partial charge in [0, 0.05) is 32.8 Å². The molecule has 0 unspecified atom stereocenters. The number of nitrogens with zero attached hydrogens (tertiary/aromatic N) is 1. The van der Waals surface area contributed by atoms with Gasteiger partial charge in [-0.1, -0.05) is 109 Å². The van der Waals surface area contributed by atoms with Crippen LogP contribution in [0, 0.1) is 0 Å². The number of ether oxygens (including phenoxy) is 1. The second kappa shape index (κ2) is 9.37. The van der Waals surface area contributed by atoms with Gasteiger partial charge in [0.15, 0.2) is 5.58 Å². The molecule has 7 aromatic carbocycles. The quantitative estimate of drug-likeness (QED) is 0.218. The zero-order chi connectivity index (χ0) is 28.3. The van der Waals surface area contributed by atoms with E-state index in [0.717, 1.165) is 66.8 Å². The summed E-state index contributed by atoms with van der Waals surface area (Å²) in [6, 6.07) is 53.0. The van der Waals surface area contributed by atoms with Gasteiger partial charge < -0.3 is 14.1 Å². The van der Waals surface area contributed by atoms with Gasteiger partial charge in [-0.25, -0.2) is 0 Å². The highest BCUT2D eigenvalue weighted by molar-refractivity contribution is 6.14. The highest BCUT2D eigenvalue weighted by Crippen LogP contribution is 2.51. The Morgan fingerprint density at radius 3 is 2.02 bits per heavy atom. The molecular formula is C40H25NO2. The Morgan fingerprint density at radius 2 is 1.12 bits per heavy atom. The molecule has 3 heteroatoms. The topological polar surface area (TPSA) is 25.6 Å². The summed E-state index contributed by atoms with van der Waals surface area (Å²) in [5, 5.41) is 4.44. The first-order chi connectivity index (χ1) is 21.3. The molecule has 1 aliphatic heterocycles. The van der Waals surface area contributed by atoms with Gasteiger partial charge >= 0.3 is 0 Å². The van der Waals surface area contributed by atoms with Gasteiger partial charge in [-0.05, 0) is 59.2 Å². The Kier molecular flexibility index (Phi) is 5.20. The van der Waals surface area contributed by atoms with E-state index in [1.165, 1.54) is 16.7 Å². The summed E-state index contributed by atoms with van der Waals surface area (Å²) in [6.45, 7) is 0. The second-order valence-electron chi connectivity index (χ2n) is 10.9. The Labute approximate surface area is 248 Å². The molecule has 0 amide bonds. The van der Waals surface area contributed by atoms with E-state index >= 15 is 0 Å². The summed E-state index contributed by atoms with van der Waals surface area (Å²) in [6.07, 6.45) is 0. The van der Waals surface area contributed by atoms with Crippen molar-refractivity contribution >= 4 is 49.8 Å². The largest absolute Gasteiger partial charge is 0.456 e. The average Bonchev–Trinajstić information content (AvgIpc) is 3.46. The lowest BCUT2D eigenvalue weighted by molar-refractivity contribution is 0.487. The van der Waals surface area contributed by atoms with Crippen molar-refractivity contribution in [1.82, 2.24) is 0 Å². The summed E-state index contributed by atoms with van der Waals surface area (Å²) >= 11 is 0.